The Bertz CT molecular complexity index is 1140. The minimum atomic E-state index is -3.97. The summed E-state index contributed by atoms with van der Waals surface area (Å²) in [5, 5.41) is 15.0. The zero-order valence-electron chi connectivity index (χ0n) is 15.1. The molecule has 0 amide bonds. The molecule has 0 aliphatic carbocycles. The SMILES string of the molecule is Cc1nn(Cc2ccccc2F)c(C)c1NS(=O)(=O)c1ccc([N+](=O)[O-])cc1. The van der Waals surface area contributed by atoms with Crippen LogP contribution < -0.4 is 4.72 Å². The number of halogens is 1. The standard InChI is InChI=1S/C18H17FN4O4S/c1-12-18(13(2)22(20-12)11-14-5-3-4-6-17(14)19)21-28(26,27)16-9-7-15(8-10-16)23(24)25/h3-10,21H,11H2,1-2H3. The minimum Gasteiger partial charge on any atom is -0.276 e. The van der Waals surface area contributed by atoms with Crippen LogP contribution in [0.1, 0.15) is 17.0 Å². The van der Waals surface area contributed by atoms with E-state index in [9.17, 15) is 22.9 Å². The Morgan fingerprint density at radius 1 is 1.14 bits per heavy atom. The summed E-state index contributed by atoms with van der Waals surface area (Å²) in [6, 6.07) is 10.8. The number of nitrogens with zero attached hydrogens (tertiary/aromatic N) is 3. The molecule has 0 fully saturated rings. The molecule has 1 N–H and O–H groups in total. The predicted molar refractivity (Wildman–Crippen MR) is 101 cm³/mol. The second-order valence-electron chi connectivity index (χ2n) is 6.15. The van der Waals surface area contributed by atoms with Gasteiger partial charge in [-0.1, -0.05) is 18.2 Å². The first-order chi connectivity index (χ1) is 13.2. The van der Waals surface area contributed by atoms with Gasteiger partial charge in [-0.15, -0.1) is 0 Å². The van der Waals surface area contributed by atoms with Crippen molar-refractivity contribution in [1.82, 2.24) is 9.78 Å². The summed E-state index contributed by atoms with van der Waals surface area (Å²) in [4.78, 5) is 10.0. The summed E-state index contributed by atoms with van der Waals surface area (Å²) >= 11 is 0. The molecular formula is C18H17FN4O4S. The van der Waals surface area contributed by atoms with Gasteiger partial charge in [0, 0.05) is 17.7 Å². The molecule has 146 valence electrons. The van der Waals surface area contributed by atoms with E-state index in [0.29, 0.717) is 17.0 Å². The maximum Gasteiger partial charge on any atom is 0.269 e. The molecule has 0 radical (unpaired) electrons. The van der Waals surface area contributed by atoms with Gasteiger partial charge < -0.3 is 0 Å². The molecule has 1 aromatic heterocycles. The number of hydrogen-bond acceptors (Lipinski definition) is 5. The lowest BCUT2D eigenvalue weighted by Crippen LogP contribution is -2.14. The third kappa shape index (κ3) is 3.86. The summed E-state index contributed by atoms with van der Waals surface area (Å²) < 4.78 is 43.1. The van der Waals surface area contributed by atoms with Crippen molar-refractivity contribution < 1.29 is 17.7 Å². The van der Waals surface area contributed by atoms with Gasteiger partial charge in [0.05, 0.1) is 33.4 Å². The number of rotatable bonds is 6. The average molecular weight is 404 g/mol. The van der Waals surface area contributed by atoms with Gasteiger partial charge >= 0.3 is 0 Å². The van der Waals surface area contributed by atoms with Crippen LogP contribution in [-0.4, -0.2) is 23.1 Å². The van der Waals surface area contributed by atoms with Crippen LogP contribution in [0.5, 0.6) is 0 Å². The lowest BCUT2D eigenvalue weighted by atomic mass is 10.2. The van der Waals surface area contributed by atoms with E-state index >= 15 is 0 Å². The Hall–Kier alpha value is -3.27. The molecular weight excluding hydrogens is 387 g/mol. The maximum absolute atomic E-state index is 13.9. The molecule has 0 aliphatic rings. The Morgan fingerprint density at radius 2 is 1.79 bits per heavy atom. The van der Waals surface area contributed by atoms with Crippen molar-refractivity contribution in [2.45, 2.75) is 25.3 Å². The first-order valence-electron chi connectivity index (χ1n) is 8.24. The molecule has 3 aromatic rings. The van der Waals surface area contributed by atoms with Gasteiger partial charge in [-0.05, 0) is 32.0 Å². The quantitative estimate of drug-likeness (QED) is 0.500. The summed E-state index contributed by atoms with van der Waals surface area (Å²) in [7, 11) is -3.97. The zero-order chi connectivity index (χ0) is 20.5. The number of non-ortho nitro benzene ring substituents is 1. The molecule has 0 saturated heterocycles. The molecule has 28 heavy (non-hydrogen) atoms. The number of aromatic nitrogens is 2. The largest absolute Gasteiger partial charge is 0.276 e. The summed E-state index contributed by atoms with van der Waals surface area (Å²) in [6.45, 7) is 3.46. The highest BCUT2D eigenvalue weighted by Crippen LogP contribution is 2.25. The lowest BCUT2D eigenvalue weighted by molar-refractivity contribution is -0.384. The van der Waals surface area contributed by atoms with Gasteiger partial charge in [0.25, 0.3) is 15.7 Å². The fraction of sp³-hybridized carbons (Fsp3) is 0.167. The van der Waals surface area contributed by atoms with E-state index in [0.717, 1.165) is 24.3 Å². The van der Waals surface area contributed by atoms with Crippen molar-refractivity contribution in [3.05, 3.63) is 81.4 Å². The molecule has 0 aliphatic heterocycles. The third-order valence-electron chi connectivity index (χ3n) is 4.25. The van der Waals surface area contributed by atoms with Gasteiger partial charge in [0.15, 0.2) is 0 Å². The van der Waals surface area contributed by atoms with Gasteiger partial charge in [-0.2, -0.15) is 5.10 Å². The summed E-state index contributed by atoms with van der Waals surface area (Å²) in [5.74, 6) is -0.372. The topological polar surface area (TPSA) is 107 Å². The van der Waals surface area contributed by atoms with E-state index in [2.05, 4.69) is 9.82 Å². The van der Waals surface area contributed by atoms with Gasteiger partial charge in [0.1, 0.15) is 5.82 Å². The van der Waals surface area contributed by atoms with Crippen LogP contribution in [-0.2, 0) is 16.6 Å². The summed E-state index contributed by atoms with van der Waals surface area (Å²) in [6.07, 6.45) is 0. The normalized spacial score (nSPS) is 11.4. The van der Waals surface area contributed by atoms with Crippen molar-refractivity contribution in [2.75, 3.05) is 4.72 Å². The van der Waals surface area contributed by atoms with Crippen LogP contribution in [0.15, 0.2) is 53.4 Å². The molecule has 3 rings (SSSR count). The lowest BCUT2D eigenvalue weighted by Gasteiger charge is -2.09. The fourth-order valence-corrected chi connectivity index (χ4v) is 3.90. The van der Waals surface area contributed by atoms with E-state index in [1.165, 1.54) is 10.7 Å². The Morgan fingerprint density at radius 3 is 2.39 bits per heavy atom. The Balaban J connectivity index is 1.89. The molecule has 1 heterocycles. The highest BCUT2D eigenvalue weighted by Gasteiger charge is 2.21. The van der Waals surface area contributed by atoms with E-state index in [1.54, 1.807) is 32.0 Å². The van der Waals surface area contributed by atoms with Crippen molar-refractivity contribution in [3.63, 3.8) is 0 Å². The van der Waals surface area contributed by atoms with Crippen LogP contribution >= 0.6 is 0 Å². The fourth-order valence-electron chi connectivity index (χ4n) is 2.73. The highest BCUT2D eigenvalue weighted by molar-refractivity contribution is 7.92. The predicted octanol–water partition coefficient (Wildman–Crippen LogP) is 3.40. The van der Waals surface area contributed by atoms with Gasteiger partial charge in [-0.3, -0.25) is 19.5 Å². The van der Waals surface area contributed by atoms with E-state index in [4.69, 9.17) is 0 Å². The number of nitrogens with one attached hydrogen (secondary N) is 1. The molecule has 10 heteroatoms. The van der Waals surface area contributed by atoms with Gasteiger partial charge in [-0.25, -0.2) is 12.8 Å². The van der Waals surface area contributed by atoms with Crippen LogP contribution in [0.25, 0.3) is 0 Å². The van der Waals surface area contributed by atoms with Crippen molar-refractivity contribution >= 4 is 21.4 Å². The molecule has 0 atom stereocenters. The molecule has 0 spiro atoms. The average Bonchev–Trinajstić information content (AvgIpc) is 2.91. The first-order valence-corrected chi connectivity index (χ1v) is 9.72. The van der Waals surface area contributed by atoms with E-state index < -0.39 is 14.9 Å². The van der Waals surface area contributed by atoms with Crippen molar-refractivity contribution in [1.29, 1.82) is 0 Å². The Labute approximate surface area is 160 Å². The second kappa shape index (κ2) is 7.39. The molecule has 8 nitrogen and oxygen atoms in total. The number of nitro benzene ring substituents is 1. The second-order valence-corrected chi connectivity index (χ2v) is 7.83. The van der Waals surface area contributed by atoms with Crippen molar-refractivity contribution in [3.8, 4) is 0 Å². The van der Waals surface area contributed by atoms with E-state index in [-0.39, 0.29) is 28.6 Å². The number of benzene rings is 2. The van der Waals surface area contributed by atoms with E-state index in [1.807, 2.05) is 0 Å². The third-order valence-corrected chi connectivity index (χ3v) is 5.62. The van der Waals surface area contributed by atoms with Crippen LogP contribution in [0.4, 0.5) is 15.8 Å². The molecule has 0 unspecified atom stereocenters. The monoisotopic (exact) mass is 404 g/mol. The number of sulfonamides is 1. The maximum atomic E-state index is 13.9. The zero-order valence-corrected chi connectivity index (χ0v) is 15.9. The van der Waals surface area contributed by atoms with Crippen LogP contribution in [0.3, 0.4) is 0 Å². The number of aryl methyl sites for hydroxylation is 1. The summed E-state index contributed by atoms with van der Waals surface area (Å²) in [5.41, 5.74) is 1.46. The number of hydrogen-bond donors (Lipinski definition) is 1. The number of nitro groups is 1. The van der Waals surface area contributed by atoms with Gasteiger partial charge in [0.2, 0.25) is 0 Å². The molecule has 2 aromatic carbocycles. The number of anilines is 1. The smallest absolute Gasteiger partial charge is 0.269 e. The first kappa shape index (κ1) is 19.5. The highest BCUT2D eigenvalue weighted by atomic mass is 32.2. The Kier molecular flexibility index (Phi) is 5.14. The van der Waals surface area contributed by atoms with Crippen LogP contribution in [0, 0.1) is 29.8 Å². The van der Waals surface area contributed by atoms with Crippen LogP contribution in [0.2, 0.25) is 0 Å². The minimum absolute atomic E-state index is 0.112. The molecule has 0 bridgehead atoms. The molecule has 0 saturated carbocycles. The van der Waals surface area contributed by atoms with Crippen molar-refractivity contribution in [2.24, 2.45) is 0 Å².